The zero-order valence-corrected chi connectivity index (χ0v) is 12.6. The molecule has 1 aromatic carbocycles. The fraction of sp³-hybridized carbons (Fsp3) is 0.353. The molecule has 4 heteroatoms. The van der Waals surface area contributed by atoms with E-state index in [1.165, 1.54) is 19.3 Å². The number of aromatic nitrogens is 1. The van der Waals surface area contributed by atoms with Crippen LogP contribution in [0.4, 0.5) is 5.69 Å². The van der Waals surface area contributed by atoms with Crippen LogP contribution < -0.4 is 11.3 Å². The molecule has 1 saturated carbocycles. The van der Waals surface area contributed by atoms with Gasteiger partial charge in [0, 0.05) is 11.1 Å². The average molecular weight is 303 g/mol. The molecule has 1 aliphatic carbocycles. The molecule has 1 fully saturated rings. The largest absolute Gasteiger partial charge is 0.394 e. The van der Waals surface area contributed by atoms with E-state index in [0.717, 1.165) is 24.1 Å². The van der Waals surface area contributed by atoms with Crippen LogP contribution in [-0.2, 0) is 0 Å². The summed E-state index contributed by atoms with van der Waals surface area (Å²) in [6.45, 7) is 0. The lowest BCUT2D eigenvalue weighted by molar-refractivity contribution is 0.349. The molecule has 110 valence electrons. The highest BCUT2D eigenvalue weighted by molar-refractivity contribution is 6.30. The van der Waals surface area contributed by atoms with Crippen LogP contribution in [0.5, 0.6) is 0 Å². The fourth-order valence-corrected chi connectivity index (χ4v) is 3.25. The monoisotopic (exact) mass is 302 g/mol. The van der Waals surface area contributed by atoms with E-state index < -0.39 is 0 Å². The number of hydrogen-bond acceptors (Lipinski definition) is 2. The first-order valence-corrected chi connectivity index (χ1v) is 7.81. The summed E-state index contributed by atoms with van der Waals surface area (Å²) in [5.41, 5.74) is 8.02. The summed E-state index contributed by atoms with van der Waals surface area (Å²) in [7, 11) is 0. The number of hydrogen-bond donors (Lipinski definition) is 1. The van der Waals surface area contributed by atoms with Gasteiger partial charge in [-0.3, -0.25) is 4.79 Å². The van der Waals surface area contributed by atoms with Crippen LogP contribution in [0.3, 0.4) is 0 Å². The Balaban J connectivity index is 2.13. The van der Waals surface area contributed by atoms with Crippen LogP contribution in [0.25, 0.3) is 11.3 Å². The van der Waals surface area contributed by atoms with Gasteiger partial charge in [0.1, 0.15) is 0 Å². The number of nitrogens with zero attached hydrogens (tertiary/aromatic N) is 1. The predicted molar refractivity (Wildman–Crippen MR) is 87.7 cm³/mol. The third kappa shape index (κ3) is 2.84. The molecule has 21 heavy (non-hydrogen) atoms. The molecule has 1 aromatic heterocycles. The van der Waals surface area contributed by atoms with Gasteiger partial charge >= 0.3 is 0 Å². The van der Waals surface area contributed by atoms with Crippen molar-refractivity contribution in [1.82, 2.24) is 4.57 Å². The molecule has 0 amide bonds. The van der Waals surface area contributed by atoms with Crippen LogP contribution in [0.15, 0.2) is 41.2 Å². The van der Waals surface area contributed by atoms with Crippen molar-refractivity contribution < 1.29 is 0 Å². The summed E-state index contributed by atoms with van der Waals surface area (Å²) >= 11 is 5.96. The smallest absolute Gasteiger partial charge is 0.274 e. The van der Waals surface area contributed by atoms with Gasteiger partial charge < -0.3 is 10.3 Å². The lowest BCUT2D eigenvalue weighted by atomic mass is 9.94. The van der Waals surface area contributed by atoms with Gasteiger partial charge in [-0.25, -0.2) is 0 Å². The van der Waals surface area contributed by atoms with E-state index in [-0.39, 0.29) is 11.6 Å². The van der Waals surface area contributed by atoms with Crippen molar-refractivity contribution in [2.75, 3.05) is 5.73 Å². The third-order valence-corrected chi connectivity index (χ3v) is 4.48. The zero-order chi connectivity index (χ0) is 14.8. The number of nitrogen functional groups attached to an aromatic ring is 1. The molecule has 0 aliphatic heterocycles. The van der Waals surface area contributed by atoms with Gasteiger partial charge in [0.25, 0.3) is 5.56 Å². The normalized spacial score (nSPS) is 16.0. The summed E-state index contributed by atoms with van der Waals surface area (Å²) in [4.78, 5) is 12.5. The Morgan fingerprint density at radius 2 is 1.67 bits per heavy atom. The third-order valence-electron chi connectivity index (χ3n) is 4.23. The fourth-order valence-electron chi connectivity index (χ4n) is 3.13. The van der Waals surface area contributed by atoms with Gasteiger partial charge in [-0.15, -0.1) is 0 Å². The molecule has 2 N–H and O–H groups in total. The predicted octanol–water partition coefficient (Wildman–Crippen LogP) is 4.26. The second-order valence-corrected chi connectivity index (χ2v) is 6.08. The number of halogens is 1. The van der Waals surface area contributed by atoms with Gasteiger partial charge in [-0.2, -0.15) is 0 Å². The number of nitrogens with two attached hydrogens (primary N) is 1. The van der Waals surface area contributed by atoms with Crippen molar-refractivity contribution in [3.63, 3.8) is 0 Å². The second kappa shape index (κ2) is 5.94. The maximum Gasteiger partial charge on any atom is 0.274 e. The SMILES string of the molecule is Nc1ccc(-c2ccc(Cl)cc2)n(C2CCCCC2)c1=O. The summed E-state index contributed by atoms with van der Waals surface area (Å²) in [6.07, 6.45) is 5.69. The van der Waals surface area contributed by atoms with Crippen molar-refractivity contribution in [1.29, 1.82) is 0 Å². The Kier molecular flexibility index (Phi) is 4.02. The maximum atomic E-state index is 12.5. The highest BCUT2D eigenvalue weighted by atomic mass is 35.5. The summed E-state index contributed by atoms with van der Waals surface area (Å²) in [5.74, 6) is 0. The zero-order valence-electron chi connectivity index (χ0n) is 11.9. The molecule has 1 aliphatic rings. The average Bonchev–Trinajstić information content (AvgIpc) is 2.52. The topological polar surface area (TPSA) is 48.0 Å². The summed E-state index contributed by atoms with van der Waals surface area (Å²) in [5, 5.41) is 0.695. The molecule has 3 rings (SSSR count). The first kappa shape index (κ1) is 14.2. The highest BCUT2D eigenvalue weighted by Crippen LogP contribution is 2.31. The number of pyridine rings is 1. The molecule has 0 bridgehead atoms. The lowest BCUT2D eigenvalue weighted by Gasteiger charge is -2.27. The van der Waals surface area contributed by atoms with E-state index in [2.05, 4.69) is 0 Å². The van der Waals surface area contributed by atoms with Crippen molar-refractivity contribution in [3.8, 4) is 11.3 Å². The quantitative estimate of drug-likeness (QED) is 0.901. The van der Waals surface area contributed by atoms with Gasteiger partial charge in [0.05, 0.1) is 11.4 Å². The van der Waals surface area contributed by atoms with Gasteiger partial charge in [-0.1, -0.05) is 43.0 Å². The molecular weight excluding hydrogens is 284 g/mol. The number of benzene rings is 1. The Bertz CT molecular complexity index is 685. The summed E-state index contributed by atoms with van der Waals surface area (Å²) in [6, 6.07) is 11.5. The van der Waals surface area contributed by atoms with E-state index in [1.807, 2.05) is 34.9 Å². The molecule has 0 radical (unpaired) electrons. The van der Waals surface area contributed by atoms with E-state index in [0.29, 0.717) is 10.7 Å². The first-order valence-electron chi connectivity index (χ1n) is 7.44. The number of anilines is 1. The van der Waals surface area contributed by atoms with Crippen molar-refractivity contribution >= 4 is 17.3 Å². The van der Waals surface area contributed by atoms with Crippen LogP contribution in [0.2, 0.25) is 5.02 Å². The Morgan fingerprint density at radius 1 is 1.00 bits per heavy atom. The highest BCUT2D eigenvalue weighted by Gasteiger charge is 2.20. The minimum Gasteiger partial charge on any atom is -0.394 e. The maximum absolute atomic E-state index is 12.5. The number of rotatable bonds is 2. The van der Waals surface area contributed by atoms with Crippen molar-refractivity contribution in [2.45, 2.75) is 38.1 Å². The Morgan fingerprint density at radius 3 is 2.33 bits per heavy atom. The standard InChI is InChI=1S/C17H19ClN2O/c18-13-8-6-12(7-9-13)16-11-10-15(19)17(21)20(16)14-4-2-1-3-5-14/h6-11,14H,1-5,19H2. The molecule has 0 spiro atoms. The molecule has 3 nitrogen and oxygen atoms in total. The lowest BCUT2D eigenvalue weighted by Crippen LogP contribution is -2.29. The van der Waals surface area contributed by atoms with E-state index in [9.17, 15) is 4.79 Å². The summed E-state index contributed by atoms with van der Waals surface area (Å²) < 4.78 is 1.89. The molecular formula is C17H19ClN2O. The molecule has 1 heterocycles. The van der Waals surface area contributed by atoms with E-state index in [4.69, 9.17) is 17.3 Å². The Labute approximate surface area is 129 Å². The minimum atomic E-state index is -0.0747. The van der Waals surface area contributed by atoms with Gasteiger partial charge in [0.15, 0.2) is 0 Å². The molecule has 2 aromatic rings. The van der Waals surface area contributed by atoms with Gasteiger partial charge in [0.2, 0.25) is 0 Å². The first-order chi connectivity index (χ1) is 10.2. The van der Waals surface area contributed by atoms with Crippen LogP contribution in [-0.4, -0.2) is 4.57 Å². The van der Waals surface area contributed by atoms with Crippen LogP contribution in [0, 0.1) is 0 Å². The van der Waals surface area contributed by atoms with Crippen LogP contribution >= 0.6 is 11.6 Å². The molecule has 0 saturated heterocycles. The Hall–Kier alpha value is -1.74. The second-order valence-electron chi connectivity index (χ2n) is 5.65. The van der Waals surface area contributed by atoms with Gasteiger partial charge in [-0.05, 0) is 42.7 Å². The molecule has 0 unspecified atom stereocenters. The molecule has 0 atom stereocenters. The minimum absolute atomic E-state index is 0.0747. The van der Waals surface area contributed by atoms with Crippen LogP contribution in [0.1, 0.15) is 38.1 Å². The van der Waals surface area contributed by atoms with E-state index in [1.54, 1.807) is 6.07 Å². The van der Waals surface area contributed by atoms with Crippen molar-refractivity contribution in [3.05, 3.63) is 51.8 Å². The van der Waals surface area contributed by atoms with E-state index >= 15 is 0 Å². The van der Waals surface area contributed by atoms with Crippen molar-refractivity contribution in [2.24, 2.45) is 0 Å².